The number of carbonyl (C=O) groups excluding carboxylic acids is 1. The van der Waals surface area contributed by atoms with Crippen molar-refractivity contribution in [2.45, 2.75) is 27.1 Å². The average Bonchev–Trinajstić information content (AvgIpc) is 2.39. The Labute approximate surface area is 126 Å². The molecule has 0 aliphatic heterocycles. The fourth-order valence-corrected chi connectivity index (χ4v) is 1.17. The first-order valence-electron chi connectivity index (χ1n) is 6.57. The van der Waals surface area contributed by atoms with Crippen LogP contribution in [0, 0.1) is 0 Å². The monoisotopic (exact) mass is 300 g/mol. The molecule has 6 nitrogen and oxygen atoms in total. The van der Waals surface area contributed by atoms with Crippen molar-refractivity contribution < 1.29 is 28.5 Å². The van der Waals surface area contributed by atoms with Crippen LogP contribution in [0.1, 0.15) is 20.8 Å². The van der Waals surface area contributed by atoms with Crippen LogP contribution in [0.5, 0.6) is 0 Å². The van der Waals surface area contributed by atoms with Crippen LogP contribution in [0.25, 0.3) is 0 Å². The van der Waals surface area contributed by atoms with E-state index < -0.39 is 12.3 Å². The molecule has 0 saturated heterocycles. The highest BCUT2D eigenvalue weighted by molar-refractivity contribution is 5.85. The molecule has 0 aromatic heterocycles. The topological polar surface area (TPSA) is 63.2 Å². The van der Waals surface area contributed by atoms with E-state index >= 15 is 0 Å². The van der Waals surface area contributed by atoms with Crippen LogP contribution in [0.15, 0.2) is 37.0 Å². The summed E-state index contributed by atoms with van der Waals surface area (Å²) in [6.07, 6.45) is -0.626. The molecule has 0 saturated carbocycles. The summed E-state index contributed by atoms with van der Waals surface area (Å²) >= 11 is 0. The van der Waals surface area contributed by atoms with Gasteiger partial charge in [0.05, 0.1) is 24.7 Å². The van der Waals surface area contributed by atoms with E-state index in [1.165, 1.54) is 0 Å². The zero-order chi connectivity index (χ0) is 16.3. The van der Waals surface area contributed by atoms with Crippen LogP contribution in [0.4, 0.5) is 0 Å². The first kappa shape index (κ1) is 19.1. The molecule has 0 rings (SSSR count). The maximum atomic E-state index is 11.2. The molecule has 120 valence electrons. The molecule has 0 fully saturated rings. The van der Waals surface area contributed by atoms with E-state index in [-0.39, 0.29) is 32.2 Å². The van der Waals surface area contributed by atoms with E-state index in [1.54, 1.807) is 20.8 Å². The first-order chi connectivity index (χ1) is 9.86. The van der Waals surface area contributed by atoms with Gasteiger partial charge in [0.25, 0.3) is 0 Å². The lowest BCUT2D eigenvalue weighted by molar-refractivity contribution is -0.152. The number of hydrogen-bond acceptors (Lipinski definition) is 6. The van der Waals surface area contributed by atoms with Gasteiger partial charge in [-0.2, -0.15) is 0 Å². The maximum absolute atomic E-state index is 11.2. The molecule has 0 heterocycles. The SMILES string of the molecule is C=C(C)OCC(OCCOC(=C)C(=O)OCC)OC(=C)C. The summed E-state index contributed by atoms with van der Waals surface area (Å²) in [7, 11) is 0. The quantitative estimate of drug-likeness (QED) is 0.181. The van der Waals surface area contributed by atoms with Crippen molar-refractivity contribution in [3.05, 3.63) is 37.0 Å². The lowest BCUT2D eigenvalue weighted by atomic mass is 10.5. The van der Waals surface area contributed by atoms with Gasteiger partial charge in [-0.25, -0.2) is 4.79 Å². The van der Waals surface area contributed by atoms with Crippen molar-refractivity contribution in [3.63, 3.8) is 0 Å². The largest absolute Gasteiger partial charge is 0.492 e. The van der Waals surface area contributed by atoms with Crippen LogP contribution in [0.2, 0.25) is 0 Å². The summed E-state index contributed by atoms with van der Waals surface area (Å²) in [5.41, 5.74) is 0. The number of ether oxygens (including phenoxy) is 5. The minimum atomic E-state index is -0.626. The van der Waals surface area contributed by atoms with Gasteiger partial charge < -0.3 is 23.7 Å². The van der Waals surface area contributed by atoms with Gasteiger partial charge >= 0.3 is 5.97 Å². The molecule has 0 N–H and O–H groups in total. The molecule has 1 unspecified atom stereocenters. The third-order valence-electron chi connectivity index (χ3n) is 1.96. The van der Waals surface area contributed by atoms with Crippen molar-refractivity contribution in [2.75, 3.05) is 26.4 Å². The second kappa shape index (κ2) is 10.8. The predicted octanol–water partition coefficient (Wildman–Crippen LogP) is 2.52. The Morgan fingerprint density at radius 2 is 1.67 bits per heavy atom. The number of rotatable bonds is 12. The average molecular weight is 300 g/mol. The minimum absolute atomic E-state index is 0.0593. The second-order valence-corrected chi connectivity index (χ2v) is 4.13. The fraction of sp³-hybridized carbons (Fsp3) is 0.533. The predicted molar refractivity (Wildman–Crippen MR) is 78.1 cm³/mol. The molecule has 0 aliphatic carbocycles. The van der Waals surface area contributed by atoms with Crippen LogP contribution in [-0.2, 0) is 28.5 Å². The van der Waals surface area contributed by atoms with Crippen LogP contribution in [-0.4, -0.2) is 38.7 Å². The van der Waals surface area contributed by atoms with Crippen LogP contribution >= 0.6 is 0 Å². The van der Waals surface area contributed by atoms with E-state index in [9.17, 15) is 4.79 Å². The highest BCUT2D eigenvalue weighted by Crippen LogP contribution is 2.05. The minimum Gasteiger partial charge on any atom is -0.492 e. The second-order valence-electron chi connectivity index (χ2n) is 4.13. The molecule has 0 aromatic rings. The highest BCUT2D eigenvalue weighted by atomic mass is 16.7. The first-order valence-corrected chi connectivity index (χ1v) is 6.57. The molecule has 21 heavy (non-hydrogen) atoms. The number of carbonyl (C=O) groups is 1. The van der Waals surface area contributed by atoms with E-state index in [0.29, 0.717) is 11.5 Å². The van der Waals surface area contributed by atoms with Crippen molar-refractivity contribution in [3.8, 4) is 0 Å². The lowest BCUT2D eigenvalue weighted by Crippen LogP contribution is -2.24. The van der Waals surface area contributed by atoms with E-state index in [1.807, 2.05) is 0 Å². The summed E-state index contributed by atoms with van der Waals surface area (Å²) in [6.45, 7) is 16.6. The van der Waals surface area contributed by atoms with E-state index in [2.05, 4.69) is 19.7 Å². The van der Waals surface area contributed by atoms with Crippen molar-refractivity contribution >= 4 is 5.97 Å². The summed E-state index contributed by atoms with van der Waals surface area (Å²) < 4.78 is 25.8. The molecule has 0 aliphatic rings. The summed E-state index contributed by atoms with van der Waals surface area (Å²) in [6, 6.07) is 0. The standard InChI is InChI=1S/C15H24O6/c1-7-17-15(16)13(6)18-8-9-19-14(21-12(4)5)10-20-11(2)3/h14H,2,4,6-10H2,1,3,5H3. The molecule has 1 atom stereocenters. The Kier molecular flexibility index (Phi) is 9.79. The van der Waals surface area contributed by atoms with E-state index in [4.69, 9.17) is 23.7 Å². The smallest absolute Gasteiger partial charge is 0.372 e. The highest BCUT2D eigenvalue weighted by Gasteiger charge is 2.13. The Morgan fingerprint density at radius 3 is 2.19 bits per heavy atom. The Balaban J connectivity index is 4.01. The van der Waals surface area contributed by atoms with Gasteiger partial charge in [-0.15, -0.1) is 0 Å². The zero-order valence-corrected chi connectivity index (χ0v) is 13.0. The number of allylic oxidation sites excluding steroid dienone is 2. The third kappa shape index (κ3) is 10.5. The van der Waals surface area contributed by atoms with Crippen LogP contribution < -0.4 is 0 Å². The third-order valence-corrected chi connectivity index (χ3v) is 1.96. The molecular weight excluding hydrogens is 276 g/mol. The molecule has 0 aromatic carbocycles. The van der Waals surface area contributed by atoms with Gasteiger partial charge in [0.15, 0.2) is 5.76 Å². The normalized spacial score (nSPS) is 11.2. The van der Waals surface area contributed by atoms with Gasteiger partial charge in [0.2, 0.25) is 6.29 Å². The Bertz CT molecular complexity index is 374. The Hall–Kier alpha value is -1.95. The van der Waals surface area contributed by atoms with Crippen molar-refractivity contribution in [1.82, 2.24) is 0 Å². The molecule has 6 heteroatoms. The summed E-state index contributed by atoms with van der Waals surface area (Å²) in [4.78, 5) is 11.2. The molecule has 0 bridgehead atoms. The maximum Gasteiger partial charge on any atom is 0.372 e. The number of hydrogen-bond donors (Lipinski definition) is 0. The van der Waals surface area contributed by atoms with Crippen molar-refractivity contribution in [1.29, 1.82) is 0 Å². The molecular formula is C15H24O6. The summed E-state index contributed by atoms with van der Waals surface area (Å²) in [5.74, 6) is 0.414. The van der Waals surface area contributed by atoms with E-state index in [0.717, 1.165) is 0 Å². The molecule has 0 spiro atoms. The molecule has 0 radical (unpaired) electrons. The molecule has 0 amide bonds. The van der Waals surface area contributed by atoms with Gasteiger partial charge in [-0.05, 0) is 27.4 Å². The van der Waals surface area contributed by atoms with Gasteiger partial charge in [-0.3, -0.25) is 0 Å². The Morgan fingerprint density at radius 1 is 1.00 bits per heavy atom. The number of esters is 1. The van der Waals surface area contributed by atoms with Gasteiger partial charge in [0.1, 0.15) is 13.2 Å². The van der Waals surface area contributed by atoms with Crippen molar-refractivity contribution in [2.24, 2.45) is 0 Å². The van der Waals surface area contributed by atoms with Gasteiger partial charge in [0, 0.05) is 0 Å². The fourth-order valence-electron chi connectivity index (χ4n) is 1.17. The lowest BCUT2D eigenvalue weighted by Gasteiger charge is -2.20. The summed E-state index contributed by atoms with van der Waals surface area (Å²) in [5, 5.41) is 0. The van der Waals surface area contributed by atoms with Crippen LogP contribution in [0.3, 0.4) is 0 Å². The zero-order valence-electron chi connectivity index (χ0n) is 13.0. The van der Waals surface area contributed by atoms with Gasteiger partial charge in [-0.1, -0.05) is 13.2 Å².